The summed E-state index contributed by atoms with van der Waals surface area (Å²) in [7, 11) is 0. The summed E-state index contributed by atoms with van der Waals surface area (Å²) in [4.78, 5) is 4.33. The highest BCUT2D eigenvalue weighted by Gasteiger charge is 2.13. The summed E-state index contributed by atoms with van der Waals surface area (Å²) in [6.07, 6.45) is 1.73. The number of hydrogen-bond acceptors (Lipinski definition) is 3. The van der Waals surface area contributed by atoms with Gasteiger partial charge >= 0.3 is 0 Å². The highest BCUT2D eigenvalue weighted by molar-refractivity contribution is 6.33. The molecule has 0 amide bonds. The summed E-state index contributed by atoms with van der Waals surface area (Å²) in [6, 6.07) is 15.3. The van der Waals surface area contributed by atoms with Crippen LogP contribution in [-0.2, 0) is 6.54 Å². The predicted octanol–water partition coefficient (Wildman–Crippen LogP) is 3.05. The molecule has 0 saturated heterocycles. The summed E-state index contributed by atoms with van der Waals surface area (Å²) >= 11 is 6.28. The second kappa shape index (κ2) is 5.45. The van der Waals surface area contributed by atoms with E-state index in [-0.39, 0.29) is 0 Å². The molecular weight excluding hydrogens is 272 g/mol. The SMILES string of the molecule is NCc1cc(-c2ccccc2Cl)n(-c2ccccn2)n1. The van der Waals surface area contributed by atoms with E-state index in [0.29, 0.717) is 11.6 Å². The van der Waals surface area contributed by atoms with Gasteiger partial charge in [-0.05, 0) is 24.3 Å². The summed E-state index contributed by atoms with van der Waals surface area (Å²) in [5, 5.41) is 5.16. The van der Waals surface area contributed by atoms with Gasteiger partial charge < -0.3 is 5.73 Å². The second-order valence-corrected chi connectivity index (χ2v) is 4.71. The Balaban J connectivity index is 2.21. The molecule has 3 aromatic rings. The molecule has 0 fully saturated rings. The van der Waals surface area contributed by atoms with Crippen molar-refractivity contribution >= 4 is 11.6 Å². The first-order valence-corrected chi connectivity index (χ1v) is 6.62. The maximum atomic E-state index is 6.28. The van der Waals surface area contributed by atoms with Crippen LogP contribution >= 0.6 is 11.6 Å². The smallest absolute Gasteiger partial charge is 0.153 e. The number of halogens is 1. The van der Waals surface area contributed by atoms with Crippen molar-refractivity contribution in [1.29, 1.82) is 0 Å². The maximum absolute atomic E-state index is 6.28. The summed E-state index contributed by atoms with van der Waals surface area (Å²) in [5.74, 6) is 0.738. The summed E-state index contributed by atoms with van der Waals surface area (Å²) in [6.45, 7) is 0.372. The van der Waals surface area contributed by atoms with Crippen LogP contribution in [0.4, 0.5) is 0 Å². The van der Waals surface area contributed by atoms with Gasteiger partial charge in [0.05, 0.1) is 11.4 Å². The first-order valence-electron chi connectivity index (χ1n) is 6.25. The molecule has 0 bridgehead atoms. The van der Waals surface area contributed by atoms with E-state index in [1.807, 2.05) is 48.5 Å². The number of benzene rings is 1. The lowest BCUT2D eigenvalue weighted by Gasteiger charge is -2.07. The van der Waals surface area contributed by atoms with Crippen molar-refractivity contribution in [2.24, 2.45) is 5.73 Å². The highest BCUT2D eigenvalue weighted by atomic mass is 35.5. The van der Waals surface area contributed by atoms with Gasteiger partial charge in [-0.1, -0.05) is 35.9 Å². The van der Waals surface area contributed by atoms with Crippen LogP contribution in [-0.4, -0.2) is 14.8 Å². The van der Waals surface area contributed by atoms with Crippen LogP contribution in [0.3, 0.4) is 0 Å². The van der Waals surface area contributed by atoms with Crippen molar-refractivity contribution in [1.82, 2.24) is 14.8 Å². The average molecular weight is 285 g/mol. The number of hydrogen-bond donors (Lipinski definition) is 1. The Morgan fingerprint density at radius 1 is 1.10 bits per heavy atom. The Labute approximate surface area is 121 Å². The Morgan fingerprint density at radius 2 is 1.90 bits per heavy atom. The molecule has 4 nitrogen and oxygen atoms in total. The molecule has 5 heteroatoms. The van der Waals surface area contributed by atoms with E-state index in [2.05, 4.69) is 10.1 Å². The Hall–Kier alpha value is -2.17. The molecule has 0 atom stereocenters. The topological polar surface area (TPSA) is 56.7 Å². The lowest BCUT2D eigenvalue weighted by Crippen LogP contribution is -2.03. The van der Waals surface area contributed by atoms with Gasteiger partial charge in [-0.25, -0.2) is 9.67 Å². The molecule has 0 radical (unpaired) electrons. The van der Waals surface area contributed by atoms with Gasteiger partial charge in [0.15, 0.2) is 5.82 Å². The van der Waals surface area contributed by atoms with Gasteiger partial charge in [-0.3, -0.25) is 0 Å². The Bertz CT molecular complexity index is 722. The third-order valence-corrected chi connectivity index (χ3v) is 3.31. The zero-order valence-corrected chi connectivity index (χ0v) is 11.5. The summed E-state index contributed by atoms with van der Waals surface area (Å²) in [5.41, 5.74) is 8.29. The van der Waals surface area contributed by atoms with Gasteiger partial charge in [-0.2, -0.15) is 5.10 Å². The normalized spacial score (nSPS) is 10.7. The van der Waals surface area contributed by atoms with Crippen LogP contribution in [0.2, 0.25) is 5.02 Å². The van der Waals surface area contributed by atoms with Crippen molar-refractivity contribution in [2.75, 3.05) is 0 Å². The monoisotopic (exact) mass is 284 g/mol. The van der Waals surface area contributed by atoms with Crippen molar-refractivity contribution in [2.45, 2.75) is 6.54 Å². The van der Waals surface area contributed by atoms with Crippen LogP contribution < -0.4 is 5.73 Å². The van der Waals surface area contributed by atoms with Gasteiger partial charge in [0, 0.05) is 23.3 Å². The molecule has 0 aliphatic heterocycles. The summed E-state index contributed by atoms with van der Waals surface area (Å²) < 4.78 is 1.77. The van der Waals surface area contributed by atoms with Crippen molar-refractivity contribution < 1.29 is 0 Å². The molecule has 0 aliphatic rings. The highest BCUT2D eigenvalue weighted by Crippen LogP contribution is 2.29. The molecule has 100 valence electrons. The fourth-order valence-corrected chi connectivity index (χ4v) is 2.28. The fourth-order valence-electron chi connectivity index (χ4n) is 2.04. The Morgan fingerprint density at radius 3 is 2.60 bits per heavy atom. The number of pyridine rings is 1. The van der Waals surface area contributed by atoms with Gasteiger partial charge in [0.25, 0.3) is 0 Å². The molecule has 20 heavy (non-hydrogen) atoms. The minimum absolute atomic E-state index is 0.372. The molecule has 1 aromatic carbocycles. The molecule has 0 saturated carbocycles. The standard InChI is InChI=1S/C15H13ClN4/c16-13-6-2-1-5-12(13)14-9-11(10-17)19-20(14)15-7-3-4-8-18-15/h1-9H,10,17H2. The third kappa shape index (κ3) is 2.31. The molecule has 0 unspecified atom stereocenters. The van der Waals surface area contributed by atoms with Crippen LogP contribution in [0.1, 0.15) is 5.69 Å². The maximum Gasteiger partial charge on any atom is 0.153 e. The van der Waals surface area contributed by atoms with Crippen LogP contribution in [0.15, 0.2) is 54.7 Å². The van der Waals surface area contributed by atoms with Crippen LogP contribution in [0.25, 0.3) is 17.1 Å². The number of aromatic nitrogens is 3. The quantitative estimate of drug-likeness (QED) is 0.804. The van der Waals surface area contributed by atoms with E-state index in [4.69, 9.17) is 17.3 Å². The van der Waals surface area contributed by atoms with Crippen LogP contribution in [0.5, 0.6) is 0 Å². The van der Waals surface area contributed by atoms with Gasteiger partial charge in [-0.15, -0.1) is 0 Å². The minimum Gasteiger partial charge on any atom is -0.325 e. The molecule has 2 aromatic heterocycles. The Kier molecular flexibility index (Phi) is 3.50. The van der Waals surface area contributed by atoms with Crippen molar-refractivity contribution in [3.63, 3.8) is 0 Å². The molecular formula is C15H13ClN4. The largest absolute Gasteiger partial charge is 0.325 e. The number of nitrogens with two attached hydrogens (primary N) is 1. The molecule has 2 heterocycles. The lowest BCUT2D eigenvalue weighted by atomic mass is 10.1. The van der Waals surface area contributed by atoms with E-state index in [9.17, 15) is 0 Å². The predicted molar refractivity (Wildman–Crippen MR) is 79.7 cm³/mol. The van der Waals surface area contributed by atoms with Crippen molar-refractivity contribution in [3.8, 4) is 17.1 Å². The fraction of sp³-hybridized carbons (Fsp3) is 0.0667. The number of nitrogens with zero attached hydrogens (tertiary/aromatic N) is 3. The molecule has 2 N–H and O–H groups in total. The van der Waals surface area contributed by atoms with E-state index in [1.165, 1.54) is 0 Å². The average Bonchev–Trinajstić information content (AvgIpc) is 2.93. The first-order chi connectivity index (χ1) is 9.79. The zero-order valence-electron chi connectivity index (χ0n) is 10.7. The molecule has 0 aliphatic carbocycles. The third-order valence-electron chi connectivity index (χ3n) is 2.99. The van der Waals surface area contributed by atoms with Gasteiger partial charge in [0.2, 0.25) is 0 Å². The van der Waals surface area contributed by atoms with Crippen molar-refractivity contribution in [3.05, 3.63) is 65.4 Å². The molecule has 0 spiro atoms. The van der Waals surface area contributed by atoms with E-state index in [0.717, 1.165) is 22.8 Å². The minimum atomic E-state index is 0.372. The van der Waals surface area contributed by atoms with E-state index >= 15 is 0 Å². The lowest BCUT2D eigenvalue weighted by molar-refractivity contribution is 0.815. The second-order valence-electron chi connectivity index (χ2n) is 4.30. The van der Waals surface area contributed by atoms with Gasteiger partial charge in [0.1, 0.15) is 0 Å². The van der Waals surface area contributed by atoms with Crippen LogP contribution in [0, 0.1) is 0 Å². The van der Waals surface area contributed by atoms with E-state index < -0.39 is 0 Å². The molecule has 3 rings (SSSR count). The zero-order chi connectivity index (χ0) is 13.9. The first kappa shape index (κ1) is 12.8. The van der Waals surface area contributed by atoms with E-state index in [1.54, 1.807) is 10.9 Å². The number of rotatable bonds is 3.